The van der Waals surface area contributed by atoms with E-state index in [1.807, 2.05) is 76.2 Å². The van der Waals surface area contributed by atoms with Gasteiger partial charge in [-0.15, -0.1) is 0 Å². The molecule has 1 N–H and O–H groups in total. The number of benzene rings is 3. The predicted octanol–water partition coefficient (Wildman–Crippen LogP) is 5.34. The molecule has 1 aliphatic heterocycles. The molecule has 0 bridgehead atoms. The molecule has 0 saturated carbocycles. The van der Waals surface area contributed by atoms with Gasteiger partial charge in [0, 0.05) is 38.2 Å². The fourth-order valence-corrected chi connectivity index (χ4v) is 4.80. The van der Waals surface area contributed by atoms with E-state index in [1.54, 1.807) is 9.80 Å². The van der Waals surface area contributed by atoms with Crippen molar-refractivity contribution in [2.75, 3.05) is 26.2 Å². The fourth-order valence-electron chi connectivity index (χ4n) is 4.80. The summed E-state index contributed by atoms with van der Waals surface area (Å²) in [5.74, 6) is -0.132. The molecule has 0 radical (unpaired) electrons. The van der Waals surface area contributed by atoms with E-state index in [9.17, 15) is 14.4 Å². The minimum absolute atomic E-state index is 0.0215. The van der Waals surface area contributed by atoms with Gasteiger partial charge in [-0.1, -0.05) is 60.7 Å². The van der Waals surface area contributed by atoms with E-state index in [1.165, 1.54) is 0 Å². The van der Waals surface area contributed by atoms with Gasteiger partial charge in [0.1, 0.15) is 5.60 Å². The standard InChI is InChI=1S/C31H37N3O4/c1-22(25-15-9-12-23-10-5-7-13-26(23)25)32-29(36)27-14-8-6-11-24(27)16-17-28(35)33-18-20-34(21-19-33)30(37)38-31(2,3)4/h5-15,22H,16-21H2,1-4H3,(H,32,36)/t22-/m1/s1. The number of ether oxygens (including phenoxy) is 1. The molecule has 1 aliphatic rings. The lowest BCUT2D eigenvalue weighted by Crippen LogP contribution is -2.51. The minimum Gasteiger partial charge on any atom is -0.444 e. The maximum absolute atomic E-state index is 13.3. The van der Waals surface area contributed by atoms with Crippen molar-refractivity contribution in [2.45, 2.75) is 52.2 Å². The van der Waals surface area contributed by atoms with Crippen molar-refractivity contribution < 1.29 is 19.1 Å². The average Bonchev–Trinajstić information content (AvgIpc) is 2.90. The van der Waals surface area contributed by atoms with Crippen LogP contribution in [0.3, 0.4) is 0 Å². The molecule has 38 heavy (non-hydrogen) atoms. The molecule has 3 amide bonds. The highest BCUT2D eigenvalue weighted by molar-refractivity contribution is 5.96. The van der Waals surface area contributed by atoms with Crippen LogP contribution in [0.25, 0.3) is 10.8 Å². The van der Waals surface area contributed by atoms with Crippen molar-refractivity contribution in [1.29, 1.82) is 0 Å². The van der Waals surface area contributed by atoms with Crippen molar-refractivity contribution in [2.24, 2.45) is 0 Å². The van der Waals surface area contributed by atoms with Crippen molar-refractivity contribution in [3.05, 3.63) is 83.4 Å². The summed E-state index contributed by atoms with van der Waals surface area (Å²) >= 11 is 0. The van der Waals surface area contributed by atoms with Gasteiger partial charge in [0.15, 0.2) is 0 Å². The Morgan fingerprint density at radius 2 is 1.50 bits per heavy atom. The third-order valence-electron chi connectivity index (χ3n) is 6.79. The molecule has 1 saturated heterocycles. The summed E-state index contributed by atoms with van der Waals surface area (Å²) < 4.78 is 5.44. The molecule has 3 aromatic carbocycles. The molecular weight excluding hydrogens is 478 g/mol. The van der Waals surface area contributed by atoms with E-state index < -0.39 is 5.60 Å². The number of amides is 3. The Labute approximate surface area is 224 Å². The number of aryl methyl sites for hydroxylation is 1. The molecule has 7 heteroatoms. The molecule has 3 aromatic rings. The topological polar surface area (TPSA) is 79.0 Å². The number of piperazine rings is 1. The molecule has 1 fully saturated rings. The van der Waals surface area contributed by atoms with Gasteiger partial charge in [0.2, 0.25) is 5.91 Å². The highest BCUT2D eigenvalue weighted by atomic mass is 16.6. The molecule has 0 spiro atoms. The van der Waals surface area contributed by atoms with Crippen LogP contribution < -0.4 is 5.32 Å². The second-order valence-electron chi connectivity index (χ2n) is 10.8. The quantitative estimate of drug-likeness (QED) is 0.481. The Bertz CT molecular complexity index is 1300. The van der Waals surface area contributed by atoms with Gasteiger partial charge in [-0.25, -0.2) is 4.79 Å². The lowest BCUT2D eigenvalue weighted by Gasteiger charge is -2.35. The molecule has 0 aromatic heterocycles. The third-order valence-corrected chi connectivity index (χ3v) is 6.79. The van der Waals surface area contributed by atoms with E-state index in [-0.39, 0.29) is 23.9 Å². The van der Waals surface area contributed by atoms with Crippen LogP contribution in [0, 0.1) is 0 Å². The Hall–Kier alpha value is -3.87. The number of hydrogen-bond acceptors (Lipinski definition) is 4. The summed E-state index contributed by atoms with van der Waals surface area (Å²) in [6.45, 7) is 9.36. The van der Waals surface area contributed by atoms with Crippen molar-refractivity contribution in [1.82, 2.24) is 15.1 Å². The highest BCUT2D eigenvalue weighted by Gasteiger charge is 2.27. The van der Waals surface area contributed by atoms with Crippen LogP contribution in [0.15, 0.2) is 66.7 Å². The molecule has 7 nitrogen and oxygen atoms in total. The number of rotatable bonds is 6. The third kappa shape index (κ3) is 6.71. The van der Waals surface area contributed by atoms with E-state index in [2.05, 4.69) is 23.5 Å². The van der Waals surface area contributed by atoms with Gasteiger partial charge >= 0.3 is 6.09 Å². The summed E-state index contributed by atoms with van der Waals surface area (Å²) in [6, 6.07) is 21.5. The Balaban J connectivity index is 1.34. The molecular formula is C31H37N3O4. The largest absolute Gasteiger partial charge is 0.444 e. The molecule has 4 rings (SSSR count). The van der Waals surface area contributed by atoms with Gasteiger partial charge in [0.25, 0.3) is 5.91 Å². The van der Waals surface area contributed by atoms with Crippen LogP contribution in [0.2, 0.25) is 0 Å². The fraction of sp³-hybridized carbons (Fsp3) is 0.387. The van der Waals surface area contributed by atoms with Crippen LogP contribution in [-0.4, -0.2) is 59.5 Å². The second-order valence-corrected chi connectivity index (χ2v) is 10.8. The molecule has 200 valence electrons. The van der Waals surface area contributed by atoms with Crippen LogP contribution in [0.5, 0.6) is 0 Å². The zero-order valence-electron chi connectivity index (χ0n) is 22.7. The maximum Gasteiger partial charge on any atom is 0.410 e. The first kappa shape index (κ1) is 27.2. The monoisotopic (exact) mass is 515 g/mol. The number of nitrogens with zero attached hydrogens (tertiary/aromatic N) is 2. The first-order valence-electron chi connectivity index (χ1n) is 13.2. The number of carbonyl (C=O) groups excluding carboxylic acids is 3. The van der Waals surface area contributed by atoms with Crippen LogP contribution in [0.1, 0.15) is 61.6 Å². The van der Waals surface area contributed by atoms with Crippen molar-refractivity contribution in [3.8, 4) is 0 Å². The Kier molecular flexibility index (Phi) is 8.35. The molecule has 0 unspecified atom stereocenters. The molecule has 1 atom stereocenters. The first-order chi connectivity index (χ1) is 18.1. The average molecular weight is 516 g/mol. The molecule has 0 aliphatic carbocycles. The van der Waals surface area contributed by atoms with E-state index in [0.29, 0.717) is 44.6 Å². The molecule has 1 heterocycles. The van der Waals surface area contributed by atoms with Gasteiger partial charge in [-0.05, 0) is 62.1 Å². The number of fused-ring (bicyclic) bond motifs is 1. The summed E-state index contributed by atoms with van der Waals surface area (Å²) in [5, 5.41) is 5.40. The smallest absolute Gasteiger partial charge is 0.410 e. The lowest BCUT2D eigenvalue weighted by atomic mass is 9.98. The minimum atomic E-state index is -0.545. The predicted molar refractivity (Wildman–Crippen MR) is 149 cm³/mol. The van der Waals surface area contributed by atoms with E-state index in [4.69, 9.17) is 4.74 Å². The number of nitrogens with one attached hydrogen (secondary N) is 1. The summed E-state index contributed by atoms with van der Waals surface area (Å²) in [6.07, 6.45) is 0.426. The van der Waals surface area contributed by atoms with Crippen molar-refractivity contribution >= 4 is 28.7 Å². The first-order valence-corrected chi connectivity index (χ1v) is 13.2. The second kappa shape index (κ2) is 11.7. The van der Waals surface area contributed by atoms with Crippen LogP contribution in [0.4, 0.5) is 4.79 Å². The Morgan fingerprint density at radius 3 is 2.24 bits per heavy atom. The van der Waals surface area contributed by atoms with Crippen molar-refractivity contribution in [3.63, 3.8) is 0 Å². The van der Waals surface area contributed by atoms with Gasteiger partial charge in [-0.3, -0.25) is 9.59 Å². The van der Waals surface area contributed by atoms with Gasteiger partial charge < -0.3 is 19.9 Å². The van der Waals surface area contributed by atoms with Gasteiger partial charge in [-0.2, -0.15) is 0 Å². The summed E-state index contributed by atoms with van der Waals surface area (Å²) in [4.78, 5) is 41.9. The normalized spacial score (nSPS) is 14.7. The van der Waals surface area contributed by atoms with Crippen LogP contribution >= 0.6 is 0 Å². The number of carbonyl (C=O) groups is 3. The zero-order valence-corrected chi connectivity index (χ0v) is 22.7. The number of hydrogen-bond donors (Lipinski definition) is 1. The maximum atomic E-state index is 13.3. The zero-order chi connectivity index (χ0) is 27.3. The highest BCUT2D eigenvalue weighted by Crippen LogP contribution is 2.25. The summed E-state index contributed by atoms with van der Waals surface area (Å²) in [7, 11) is 0. The van der Waals surface area contributed by atoms with E-state index >= 15 is 0 Å². The summed E-state index contributed by atoms with van der Waals surface area (Å²) in [5.41, 5.74) is 1.95. The van der Waals surface area contributed by atoms with E-state index in [0.717, 1.165) is 21.9 Å². The SMILES string of the molecule is C[C@@H](NC(=O)c1ccccc1CCC(=O)N1CCN(C(=O)OC(C)(C)C)CC1)c1cccc2ccccc12. The Morgan fingerprint density at radius 1 is 0.868 bits per heavy atom. The van der Waals surface area contributed by atoms with Crippen LogP contribution in [-0.2, 0) is 16.0 Å². The lowest BCUT2D eigenvalue weighted by molar-refractivity contribution is -0.132. The van der Waals surface area contributed by atoms with Gasteiger partial charge in [0.05, 0.1) is 6.04 Å².